The number of carbonyl (C=O) groups excluding carboxylic acids is 9. The molecule has 870 valence electrons. The van der Waals surface area contributed by atoms with E-state index in [1.807, 2.05) is 125 Å². The minimum Gasteiger partial charge on any atom is -0.463 e. The number of esters is 1. The van der Waals surface area contributed by atoms with Gasteiger partial charge in [-0.3, -0.25) is 43.2 Å². The Labute approximate surface area is 915 Å². The zero-order valence-electron chi connectivity index (χ0n) is 103. The molecule has 0 aromatic heterocycles. The smallest absolute Gasteiger partial charge is 0.308 e. The Kier molecular flexibility index (Phi) is 128. The van der Waals surface area contributed by atoms with Gasteiger partial charge in [0, 0.05) is 151 Å². The molecule has 24 heteroatoms. The van der Waals surface area contributed by atoms with Gasteiger partial charge in [-0.15, -0.1) is 0 Å². The normalized spacial score (nSPS) is 10.8. The number of unbranched alkanes of at least 4 members (excludes halogenated alkanes) is 6. The minimum absolute atomic E-state index is 0.0267. The number of ether oxygens (including phenoxy) is 13. The molecule has 0 radical (unpaired) electrons. The molecule has 0 saturated carbocycles. The van der Waals surface area contributed by atoms with Crippen molar-refractivity contribution in [2.45, 2.75) is 396 Å². The van der Waals surface area contributed by atoms with E-state index in [0.29, 0.717) is 147 Å². The highest BCUT2D eigenvalue weighted by Gasteiger charge is 2.15. The van der Waals surface area contributed by atoms with Gasteiger partial charge in [-0.25, -0.2) is 0 Å². The van der Waals surface area contributed by atoms with Crippen LogP contribution in [-0.4, -0.2) is 266 Å². The average Bonchev–Trinajstić information content (AvgIpc) is 0.989. The van der Waals surface area contributed by atoms with Gasteiger partial charge in [-0.05, 0) is 202 Å². The minimum atomic E-state index is -0.155. The highest BCUT2D eigenvalue weighted by molar-refractivity contribution is 5.84. The molecule has 0 unspecified atom stereocenters. The maximum Gasteiger partial charge on any atom is 0.308 e. The van der Waals surface area contributed by atoms with Crippen LogP contribution in [0.3, 0.4) is 0 Å². The Balaban J connectivity index is -0.000000212. The number of carbonyl (C=O) groups is 9. The van der Waals surface area contributed by atoms with Crippen LogP contribution in [0.25, 0.3) is 0 Å². The van der Waals surface area contributed by atoms with Crippen LogP contribution in [-0.2, 0) is 105 Å². The predicted octanol–water partition coefficient (Wildman–Crippen LogP) is 24.6. The van der Waals surface area contributed by atoms with E-state index in [0.717, 1.165) is 135 Å². The molecule has 0 aliphatic heterocycles. The fourth-order valence-corrected chi connectivity index (χ4v) is 10.1. The second-order valence-corrected chi connectivity index (χ2v) is 43.8. The van der Waals surface area contributed by atoms with Crippen LogP contribution >= 0.6 is 0 Å². The third-order valence-electron chi connectivity index (χ3n) is 21.6. The summed E-state index contributed by atoms with van der Waals surface area (Å²) >= 11 is 0. The van der Waals surface area contributed by atoms with E-state index in [1.165, 1.54) is 51.4 Å². The van der Waals surface area contributed by atoms with Crippen molar-refractivity contribution in [1.82, 2.24) is 9.80 Å². The lowest BCUT2D eigenvalue weighted by molar-refractivity contribution is -0.149. The number of rotatable bonds is 77. The lowest BCUT2D eigenvalue weighted by Gasteiger charge is -2.20. The zero-order valence-corrected chi connectivity index (χ0v) is 103. The molecule has 0 heterocycles. The molecule has 0 aliphatic carbocycles. The van der Waals surface area contributed by atoms with Gasteiger partial charge in [0.25, 0.3) is 0 Å². The van der Waals surface area contributed by atoms with E-state index in [9.17, 15) is 43.2 Å². The highest BCUT2D eigenvalue weighted by atomic mass is 16.6. The average molecular weight is 2110 g/mol. The summed E-state index contributed by atoms with van der Waals surface area (Å²) in [7, 11) is 4.23. The molecule has 0 saturated heterocycles. The molecule has 24 nitrogen and oxygen atoms in total. The molecular formula is C125H228N2O22. The molecular weight excluding hydrogens is 1880 g/mol. The standard InChI is InChI=1S/C16H24O2.C15H30O3.C15H22O2.C14H29NO2.C14H28O2.C14H20O2.C13H27NO3.C13H26O3.C11H22O3/c1-14(2)10-7-5-6-8-12-18-13-9-11-16(17)15(3)4;1-13(2)8-7-11-17-9-5-6-10-18-12-15(16)14(3)4;1-13(2)9-7-5-6-8-11-17-12-10-15(16)14(3)4;1-12(2)14(16)11-17-10-8-6-7-9-15(5)13(3)4;2*1-12(2)9-7-5-6-8-10-16-11-14(15)13(3)4;1-11(2)13(15)10-17-9-8-16-7-6-14(5)12(3)4;1-11(2)6-5-7-15-8-9-16-10-13(14)12(3)4;1-9(2)5-6-13-7-8-14-11(12)10(3)4/h14-15H,9-13H2,1-4H3;13-14H,5-12H2,1-4H3;13-14H,9-12H2,1-4H3;12-13H,6-11H2,1-5H3;12-13H,5-11H2,1-4H3;12-13H,9-11H2,1-4H3;11-12H,6-10H2,1-5H3;11-12H,5-10H2,1-4H3;9-10H,5-8H2,1-4H3. The van der Waals surface area contributed by atoms with Gasteiger partial charge in [0.05, 0.1) is 52.2 Å². The first-order chi connectivity index (χ1) is 70.2. The molecule has 0 aromatic rings. The lowest BCUT2D eigenvalue weighted by Crippen LogP contribution is -2.30. The molecule has 0 rings (SSSR count). The Hall–Kier alpha value is -6.37. The number of nitrogens with zero attached hydrogens (tertiary/aromatic N) is 2. The largest absolute Gasteiger partial charge is 0.463 e. The van der Waals surface area contributed by atoms with Crippen molar-refractivity contribution >= 4 is 52.2 Å². The van der Waals surface area contributed by atoms with E-state index in [-0.39, 0.29) is 139 Å². The lowest BCUT2D eigenvalue weighted by atomic mass is 10.0. The molecule has 0 atom stereocenters. The first-order valence-electron chi connectivity index (χ1n) is 56.7. The second kappa shape index (κ2) is 119. The molecule has 0 spiro atoms. The monoisotopic (exact) mass is 2110 g/mol. The Morgan fingerprint density at radius 3 is 0.799 bits per heavy atom. The van der Waals surface area contributed by atoms with Crippen molar-refractivity contribution in [2.75, 3.05) is 192 Å². The van der Waals surface area contributed by atoms with E-state index in [1.54, 1.807) is 0 Å². The van der Waals surface area contributed by atoms with Gasteiger partial charge in [0.1, 0.15) is 77.6 Å². The molecule has 0 aromatic carbocycles. The van der Waals surface area contributed by atoms with E-state index < -0.39 is 0 Å². The summed E-state index contributed by atoms with van der Waals surface area (Å²) in [5, 5.41) is 0. The molecule has 0 bridgehead atoms. The van der Waals surface area contributed by atoms with E-state index >= 15 is 0 Å². The molecule has 0 amide bonds. The molecule has 0 fully saturated rings. The first-order valence-corrected chi connectivity index (χ1v) is 56.7. The van der Waals surface area contributed by atoms with Gasteiger partial charge in [0.2, 0.25) is 0 Å². The molecule has 0 N–H and O–H groups in total. The van der Waals surface area contributed by atoms with E-state index in [2.05, 4.69) is 220 Å². The van der Waals surface area contributed by atoms with Gasteiger partial charge < -0.3 is 71.4 Å². The van der Waals surface area contributed by atoms with Crippen molar-refractivity contribution in [1.29, 1.82) is 0 Å². The van der Waals surface area contributed by atoms with Crippen LogP contribution in [0.2, 0.25) is 0 Å². The fourth-order valence-electron chi connectivity index (χ4n) is 10.1. The number of ketones is 8. The van der Waals surface area contributed by atoms with Crippen molar-refractivity contribution < 1.29 is 105 Å². The summed E-state index contributed by atoms with van der Waals surface area (Å²) < 4.78 is 68.6. The first kappa shape index (κ1) is 160. The van der Waals surface area contributed by atoms with Crippen LogP contribution < -0.4 is 0 Å². The highest BCUT2D eigenvalue weighted by Crippen LogP contribution is 2.13. The third kappa shape index (κ3) is 146. The molecule has 149 heavy (non-hydrogen) atoms. The summed E-state index contributed by atoms with van der Waals surface area (Å²) in [5.41, 5.74) is 0. The second-order valence-electron chi connectivity index (χ2n) is 43.8. The Bertz CT molecular complexity index is 3450. The fraction of sp³-hybridized carbons (Fsp3) is 0.832. The van der Waals surface area contributed by atoms with Crippen molar-refractivity contribution in [3.8, 4) is 71.0 Å². The Morgan fingerprint density at radius 2 is 0.450 bits per heavy atom. The van der Waals surface area contributed by atoms with E-state index in [4.69, 9.17) is 61.6 Å². The topological polar surface area (TPSA) is 280 Å². The number of hydrogen-bond acceptors (Lipinski definition) is 24. The maximum absolute atomic E-state index is 11.3. The molecule has 0 aliphatic rings. The third-order valence-corrected chi connectivity index (χ3v) is 21.6. The Morgan fingerprint density at radius 1 is 0.195 bits per heavy atom. The van der Waals surface area contributed by atoms with Gasteiger partial charge in [-0.2, -0.15) is 0 Å². The van der Waals surface area contributed by atoms with Gasteiger partial charge in [0.15, 0.2) is 34.7 Å². The zero-order chi connectivity index (χ0) is 115. The summed E-state index contributed by atoms with van der Waals surface area (Å²) in [6.07, 6.45) is 21.9. The van der Waals surface area contributed by atoms with Gasteiger partial charge in [-0.1, -0.05) is 283 Å². The quantitative estimate of drug-likeness (QED) is 0.0311. The summed E-state index contributed by atoms with van der Waals surface area (Å²) in [5.74, 6) is 40.5. The predicted molar refractivity (Wildman–Crippen MR) is 617 cm³/mol. The summed E-state index contributed by atoms with van der Waals surface area (Å²) in [6, 6.07) is 1.16. The summed E-state index contributed by atoms with van der Waals surface area (Å²) in [6.45, 7) is 87.7. The van der Waals surface area contributed by atoms with Gasteiger partial charge >= 0.3 is 5.97 Å². The van der Waals surface area contributed by atoms with Crippen LogP contribution in [0.5, 0.6) is 0 Å². The maximum atomic E-state index is 11.3. The number of Topliss-reactive ketones (excluding diaryl/α,β-unsaturated/α-hetero) is 8. The van der Waals surface area contributed by atoms with Crippen molar-refractivity contribution in [2.24, 2.45) is 94.7 Å². The van der Waals surface area contributed by atoms with Crippen LogP contribution in [0, 0.1) is 166 Å². The van der Waals surface area contributed by atoms with Crippen LogP contribution in [0.1, 0.15) is 384 Å². The number of hydrogen-bond donors (Lipinski definition) is 0. The summed E-state index contributed by atoms with van der Waals surface area (Å²) in [4.78, 5) is 105. The SMILES string of the molecule is CC(C)C(=O)COCCCCCN(C)C(C)C.CC(C)C(=O)COCCOCCN(C)C(C)C.CC(C)CC#CC#CCOCC(=O)C(C)C.CC(C)CC#CC#CCOCCC(=O)C(C)C.CC(C)CC#CC#CCOCCCC(=O)C(C)C.CC(C)CCCCCCOCC(=O)C(C)C.CC(C)CCCOCCCCOCC(=O)C(C)C.CC(C)CCCOCCOCC(=O)C(C)C.CC(C)CCOCCOC(=O)C(C)C. The number of likely N-dealkylation sites (N-methyl/N-ethyl adjacent to an activating group) is 1. The van der Waals surface area contributed by atoms with Crippen LogP contribution in [0.4, 0.5) is 0 Å². The van der Waals surface area contributed by atoms with Crippen LogP contribution in [0.15, 0.2) is 0 Å². The van der Waals surface area contributed by atoms with Crippen molar-refractivity contribution in [3.05, 3.63) is 0 Å². The van der Waals surface area contributed by atoms with Crippen molar-refractivity contribution in [3.63, 3.8) is 0 Å².